The van der Waals surface area contributed by atoms with E-state index in [1.807, 2.05) is 41.4 Å². The molecule has 1 aliphatic carbocycles. The largest absolute Gasteiger partial charge is 0.490 e. The van der Waals surface area contributed by atoms with Crippen LogP contribution in [0.5, 0.6) is 11.5 Å². The third-order valence-corrected chi connectivity index (χ3v) is 13.6. The Morgan fingerprint density at radius 1 is 0.884 bits per heavy atom. The maximum Gasteiger partial charge on any atom is 0.266 e. The van der Waals surface area contributed by atoms with Crippen LogP contribution in [-0.4, -0.2) is 126 Å². The SMILES string of the molecule is C[C@H](C1CCC(c2ccnc3ccc(F)cc23)CC1)C(O)Nc1ccc(OC2CCN(C(=O)CCOCCOCCNC(=O)COc3cccc4c3C(=O)N(C3CCC(=O)NC3=O)C4=O)CC2)cc1. The molecular weight excluding hydrogens is 892 g/mol. The number of halogens is 1. The molecule has 4 N–H and O–H groups in total. The Labute approximate surface area is 399 Å². The Morgan fingerprint density at radius 2 is 1.64 bits per heavy atom. The molecule has 366 valence electrons. The smallest absolute Gasteiger partial charge is 0.266 e. The number of nitrogens with one attached hydrogen (secondary N) is 3. The molecule has 3 aromatic carbocycles. The van der Waals surface area contributed by atoms with Crippen molar-refractivity contribution >= 4 is 52.0 Å². The first-order chi connectivity index (χ1) is 33.4. The molecule has 0 bridgehead atoms. The van der Waals surface area contributed by atoms with Gasteiger partial charge in [0.15, 0.2) is 6.61 Å². The van der Waals surface area contributed by atoms with Gasteiger partial charge in [-0.1, -0.05) is 13.0 Å². The van der Waals surface area contributed by atoms with Gasteiger partial charge in [0.05, 0.1) is 49.5 Å². The van der Waals surface area contributed by atoms with E-state index in [1.165, 1.54) is 24.3 Å². The first kappa shape index (κ1) is 48.9. The summed E-state index contributed by atoms with van der Waals surface area (Å²) < 4.78 is 37.0. The number of nitrogens with zero attached hydrogens (tertiary/aromatic N) is 3. The summed E-state index contributed by atoms with van der Waals surface area (Å²) in [5.41, 5.74) is 2.78. The van der Waals surface area contributed by atoms with E-state index in [-0.39, 0.29) is 92.9 Å². The summed E-state index contributed by atoms with van der Waals surface area (Å²) >= 11 is 0. The van der Waals surface area contributed by atoms with Gasteiger partial charge in [0.2, 0.25) is 17.7 Å². The number of pyridine rings is 1. The lowest BCUT2D eigenvalue weighted by atomic mass is 9.73. The molecule has 2 unspecified atom stereocenters. The van der Waals surface area contributed by atoms with Crippen molar-refractivity contribution in [2.45, 2.75) is 89.0 Å². The van der Waals surface area contributed by atoms with Crippen LogP contribution in [0.1, 0.15) is 96.9 Å². The first-order valence-electron chi connectivity index (χ1n) is 23.9. The van der Waals surface area contributed by atoms with Gasteiger partial charge < -0.3 is 39.6 Å². The Hall–Kier alpha value is -6.50. The van der Waals surface area contributed by atoms with Crippen molar-refractivity contribution in [2.75, 3.05) is 58.0 Å². The molecule has 1 saturated carbocycles. The lowest BCUT2D eigenvalue weighted by Crippen LogP contribution is -2.54. The summed E-state index contributed by atoms with van der Waals surface area (Å²) in [5.74, 6) is -1.80. The predicted octanol–water partition coefficient (Wildman–Crippen LogP) is 5.10. The van der Waals surface area contributed by atoms with Gasteiger partial charge in [-0.15, -0.1) is 0 Å². The molecule has 0 radical (unpaired) electrons. The van der Waals surface area contributed by atoms with Crippen LogP contribution in [0.25, 0.3) is 10.9 Å². The van der Waals surface area contributed by atoms with Gasteiger partial charge in [0.1, 0.15) is 35.7 Å². The van der Waals surface area contributed by atoms with Crippen LogP contribution >= 0.6 is 0 Å². The molecule has 18 heteroatoms. The molecule has 3 fully saturated rings. The number of hydrogen-bond acceptors (Lipinski definition) is 13. The van der Waals surface area contributed by atoms with Gasteiger partial charge in [-0.05, 0) is 110 Å². The normalized spacial score (nSPS) is 20.6. The van der Waals surface area contributed by atoms with Crippen LogP contribution in [0.2, 0.25) is 0 Å². The average Bonchev–Trinajstić information content (AvgIpc) is 3.61. The van der Waals surface area contributed by atoms with Crippen LogP contribution in [-0.2, 0) is 28.7 Å². The van der Waals surface area contributed by atoms with Crippen LogP contribution in [0, 0.1) is 17.7 Å². The summed E-state index contributed by atoms with van der Waals surface area (Å²) in [6.07, 6.45) is 6.67. The number of rotatable bonds is 20. The standard InChI is InChI=1S/C51H59FN6O11/c1-31(32-5-7-33(8-6-32)38-17-21-53-41-14-9-34(52)29-40(38)41)48(62)55-35-10-12-36(13-11-35)69-37-18-23-57(24-19-37)46(61)20-25-66-27-28-67-26-22-54-45(60)30-68-43-4-2-3-39-47(43)51(65)58(50(39)64)42-15-16-44(59)56-49(42)63/h2-4,9-14,17,21,29,31-33,37,42,48,55,62H,5-8,15-16,18-20,22-28,30H2,1H3,(H,54,60)(H,56,59,63)/t31-,32?,33?,42?,48?/m1/s1. The monoisotopic (exact) mass is 950 g/mol. The van der Waals surface area contributed by atoms with Crippen molar-refractivity contribution in [3.63, 3.8) is 0 Å². The second-order valence-electron chi connectivity index (χ2n) is 18.1. The molecule has 4 aliphatic rings. The zero-order valence-corrected chi connectivity index (χ0v) is 38.7. The molecule has 4 aromatic rings. The number of piperidine rings is 2. The fraction of sp³-hybridized carbons (Fsp3) is 0.471. The fourth-order valence-corrected chi connectivity index (χ4v) is 9.76. The highest BCUT2D eigenvalue weighted by Gasteiger charge is 2.46. The summed E-state index contributed by atoms with van der Waals surface area (Å²) in [7, 11) is 0. The van der Waals surface area contributed by atoms with Crippen molar-refractivity contribution in [2.24, 2.45) is 11.8 Å². The number of anilines is 1. The van der Waals surface area contributed by atoms with E-state index in [1.54, 1.807) is 12.1 Å². The van der Waals surface area contributed by atoms with Crippen LogP contribution in [0.3, 0.4) is 0 Å². The first-order valence-corrected chi connectivity index (χ1v) is 23.9. The third-order valence-electron chi connectivity index (χ3n) is 13.6. The van der Waals surface area contributed by atoms with Crippen molar-refractivity contribution in [1.82, 2.24) is 25.4 Å². The lowest BCUT2D eigenvalue weighted by molar-refractivity contribution is -0.136. The summed E-state index contributed by atoms with van der Waals surface area (Å²) in [5, 5.41) is 20.1. The van der Waals surface area contributed by atoms with Crippen molar-refractivity contribution in [3.8, 4) is 11.5 Å². The quantitative estimate of drug-likeness (QED) is 0.0516. The van der Waals surface area contributed by atoms with Crippen LogP contribution in [0.4, 0.5) is 10.1 Å². The minimum absolute atomic E-state index is 0.000416. The van der Waals surface area contributed by atoms with Gasteiger partial charge in [-0.3, -0.25) is 44.0 Å². The zero-order valence-electron chi connectivity index (χ0n) is 38.7. The summed E-state index contributed by atoms with van der Waals surface area (Å²) in [6, 6.07) is 17.7. The summed E-state index contributed by atoms with van der Waals surface area (Å²) in [6.45, 7) is 3.98. The number of benzene rings is 3. The van der Waals surface area contributed by atoms with E-state index in [4.69, 9.17) is 18.9 Å². The Bertz CT molecular complexity index is 2510. The second-order valence-corrected chi connectivity index (χ2v) is 18.1. The van der Waals surface area contributed by atoms with E-state index in [9.17, 15) is 38.3 Å². The van der Waals surface area contributed by atoms with E-state index in [0.29, 0.717) is 37.8 Å². The highest BCUT2D eigenvalue weighted by Crippen LogP contribution is 2.42. The molecule has 8 rings (SSSR count). The number of carbonyl (C=O) groups excluding carboxylic acids is 6. The number of aliphatic hydroxyl groups is 1. The molecule has 4 heterocycles. The topological polar surface area (TPSA) is 215 Å². The number of aromatic nitrogens is 1. The highest BCUT2D eigenvalue weighted by molar-refractivity contribution is 6.24. The Morgan fingerprint density at radius 3 is 2.39 bits per heavy atom. The lowest BCUT2D eigenvalue weighted by Gasteiger charge is -2.35. The van der Waals surface area contributed by atoms with Gasteiger partial charge in [-0.2, -0.15) is 0 Å². The Balaban J connectivity index is 0.649. The maximum absolute atomic E-state index is 14.1. The maximum atomic E-state index is 14.1. The average molecular weight is 951 g/mol. The number of aliphatic hydroxyl groups excluding tert-OH is 1. The van der Waals surface area contributed by atoms with Crippen LogP contribution in [0.15, 0.2) is 72.9 Å². The minimum Gasteiger partial charge on any atom is -0.490 e. The van der Waals surface area contributed by atoms with Crippen molar-refractivity contribution in [1.29, 1.82) is 0 Å². The number of ether oxygens (including phenoxy) is 4. The number of carbonyl (C=O) groups is 6. The highest BCUT2D eigenvalue weighted by atomic mass is 19.1. The number of imide groups is 2. The summed E-state index contributed by atoms with van der Waals surface area (Å²) in [4.78, 5) is 82.5. The van der Waals surface area contributed by atoms with Crippen LogP contribution < -0.4 is 25.4 Å². The molecule has 17 nitrogen and oxygen atoms in total. The van der Waals surface area contributed by atoms with E-state index >= 15 is 0 Å². The van der Waals surface area contributed by atoms with Gasteiger partial charge in [0.25, 0.3) is 17.7 Å². The molecule has 6 amide bonds. The molecule has 3 aliphatic heterocycles. The van der Waals surface area contributed by atoms with E-state index in [0.717, 1.165) is 58.5 Å². The fourth-order valence-electron chi connectivity index (χ4n) is 9.76. The van der Waals surface area contributed by atoms with Gasteiger partial charge in [0, 0.05) is 62.1 Å². The number of hydrogen-bond donors (Lipinski definition) is 4. The number of likely N-dealkylation sites (tertiary alicyclic amines) is 1. The van der Waals surface area contributed by atoms with Gasteiger partial charge in [-0.25, -0.2) is 4.39 Å². The van der Waals surface area contributed by atoms with E-state index < -0.39 is 48.4 Å². The van der Waals surface area contributed by atoms with E-state index in [2.05, 4.69) is 27.9 Å². The molecule has 1 aromatic heterocycles. The number of fused-ring (bicyclic) bond motifs is 2. The van der Waals surface area contributed by atoms with Gasteiger partial charge >= 0.3 is 0 Å². The molecule has 69 heavy (non-hydrogen) atoms. The third kappa shape index (κ3) is 12.0. The molecule has 2 saturated heterocycles. The predicted molar refractivity (Wildman–Crippen MR) is 250 cm³/mol. The zero-order chi connectivity index (χ0) is 48.4. The second kappa shape index (κ2) is 22.7. The molecule has 0 spiro atoms. The molecule has 3 atom stereocenters. The number of amides is 6. The minimum atomic E-state index is -1.11. The van der Waals surface area contributed by atoms with Crippen molar-refractivity contribution in [3.05, 3.63) is 95.4 Å². The van der Waals surface area contributed by atoms with Crippen molar-refractivity contribution < 1.29 is 57.2 Å². The Kier molecular flexibility index (Phi) is 16.1. The molecular formula is C51H59FN6O11.